The number of hydrogen-bond donors (Lipinski definition) is 1. The number of hydrogen-bond acceptors (Lipinski definition) is 5. The molecule has 0 aliphatic carbocycles. The topological polar surface area (TPSA) is 78.2 Å². The lowest BCUT2D eigenvalue weighted by molar-refractivity contribution is -0.122. The number of carbonyl (C=O) groups is 1. The molecule has 0 aliphatic rings. The van der Waals surface area contributed by atoms with Gasteiger partial charge in [0.05, 0.1) is 30.4 Å². The molecule has 1 aromatic heterocycles. The summed E-state index contributed by atoms with van der Waals surface area (Å²) in [5, 5.41) is 12.0. The summed E-state index contributed by atoms with van der Waals surface area (Å²) in [4.78, 5) is 18.4. The quantitative estimate of drug-likeness (QED) is 0.617. The summed E-state index contributed by atoms with van der Waals surface area (Å²) in [7, 11) is 1.88. The first kappa shape index (κ1) is 21.0. The highest BCUT2D eigenvalue weighted by atomic mass is 16.5. The van der Waals surface area contributed by atoms with E-state index in [0.717, 1.165) is 11.1 Å². The number of likely N-dealkylation sites (N-methyl/N-ethyl adjacent to an activating group) is 1. The van der Waals surface area contributed by atoms with E-state index in [0.29, 0.717) is 23.6 Å². The lowest BCUT2D eigenvalue weighted by Gasteiger charge is -2.19. The molecule has 0 fully saturated rings. The zero-order valence-electron chi connectivity index (χ0n) is 17.1. The molecule has 30 heavy (non-hydrogen) atoms. The highest BCUT2D eigenvalue weighted by Gasteiger charge is 2.12. The van der Waals surface area contributed by atoms with Crippen LogP contribution in [0.1, 0.15) is 29.7 Å². The van der Waals surface area contributed by atoms with Crippen LogP contribution in [0.2, 0.25) is 0 Å². The fourth-order valence-corrected chi connectivity index (χ4v) is 3.09. The number of carbonyl (C=O) groups excluding carboxylic acids is 1. The summed E-state index contributed by atoms with van der Waals surface area (Å²) in [6.45, 7) is 2.81. The summed E-state index contributed by atoms with van der Waals surface area (Å²) in [5.41, 5.74) is 2.61. The first-order valence-corrected chi connectivity index (χ1v) is 9.68. The maximum Gasteiger partial charge on any atom is 0.234 e. The van der Waals surface area contributed by atoms with Gasteiger partial charge in [0.15, 0.2) is 0 Å². The highest BCUT2D eigenvalue weighted by molar-refractivity contribution is 5.78. The van der Waals surface area contributed by atoms with E-state index in [1.165, 1.54) is 0 Å². The summed E-state index contributed by atoms with van der Waals surface area (Å²) < 4.78 is 5.74. The van der Waals surface area contributed by atoms with Crippen LogP contribution in [0.5, 0.6) is 11.5 Å². The van der Waals surface area contributed by atoms with E-state index in [1.54, 1.807) is 18.5 Å². The van der Waals surface area contributed by atoms with Gasteiger partial charge < -0.3 is 10.1 Å². The molecule has 0 aliphatic heterocycles. The number of aromatic nitrogens is 1. The van der Waals surface area contributed by atoms with Crippen LogP contribution in [0.4, 0.5) is 0 Å². The number of pyridine rings is 1. The molecule has 0 saturated carbocycles. The molecule has 6 heteroatoms. The van der Waals surface area contributed by atoms with Crippen molar-refractivity contribution in [3.63, 3.8) is 0 Å². The summed E-state index contributed by atoms with van der Waals surface area (Å²) >= 11 is 0. The third kappa shape index (κ3) is 6.16. The van der Waals surface area contributed by atoms with Crippen LogP contribution < -0.4 is 10.1 Å². The Kier molecular flexibility index (Phi) is 7.14. The fraction of sp³-hybridized carbons (Fsp3) is 0.208. The SMILES string of the molecule is CC(NC(=O)CN(C)Cc1cccc(C#N)c1)c1ccc(Oc2cccnc2)cc1. The minimum atomic E-state index is -0.125. The van der Waals surface area contributed by atoms with Gasteiger partial charge in [-0.2, -0.15) is 5.26 Å². The minimum Gasteiger partial charge on any atom is -0.456 e. The summed E-state index contributed by atoms with van der Waals surface area (Å²) in [5.74, 6) is 1.33. The van der Waals surface area contributed by atoms with Crippen molar-refractivity contribution < 1.29 is 9.53 Å². The number of nitrogens with one attached hydrogen (secondary N) is 1. The Hall–Kier alpha value is -3.69. The van der Waals surface area contributed by atoms with Crippen LogP contribution in [0.3, 0.4) is 0 Å². The number of nitrogens with zero attached hydrogens (tertiary/aromatic N) is 3. The van der Waals surface area contributed by atoms with Crippen LogP contribution >= 0.6 is 0 Å². The Morgan fingerprint density at radius 3 is 2.67 bits per heavy atom. The van der Waals surface area contributed by atoms with E-state index in [2.05, 4.69) is 16.4 Å². The molecule has 0 spiro atoms. The second-order valence-electron chi connectivity index (χ2n) is 7.13. The van der Waals surface area contributed by atoms with Gasteiger partial charge in [-0.15, -0.1) is 0 Å². The predicted molar refractivity (Wildman–Crippen MR) is 115 cm³/mol. The molecule has 0 saturated heterocycles. The Bertz CT molecular complexity index is 1010. The fourth-order valence-electron chi connectivity index (χ4n) is 3.09. The van der Waals surface area contributed by atoms with Crippen LogP contribution in [0.25, 0.3) is 0 Å². The van der Waals surface area contributed by atoms with Crippen molar-refractivity contribution in [2.75, 3.05) is 13.6 Å². The lowest BCUT2D eigenvalue weighted by Crippen LogP contribution is -2.36. The smallest absolute Gasteiger partial charge is 0.234 e. The van der Waals surface area contributed by atoms with Crippen molar-refractivity contribution >= 4 is 5.91 Å². The standard InChI is InChI=1S/C24H24N4O2/c1-18(21-8-10-22(11-9-21)30-23-7-4-12-26-15-23)27-24(29)17-28(2)16-20-6-3-5-19(13-20)14-25/h3-13,15,18H,16-17H2,1-2H3,(H,27,29). The van der Waals surface area contributed by atoms with Gasteiger partial charge in [-0.25, -0.2) is 0 Å². The van der Waals surface area contributed by atoms with Crippen LogP contribution in [-0.2, 0) is 11.3 Å². The molecule has 3 rings (SSSR count). The molecule has 152 valence electrons. The largest absolute Gasteiger partial charge is 0.456 e. The zero-order valence-corrected chi connectivity index (χ0v) is 17.1. The second-order valence-corrected chi connectivity index (χ2v) is 7.13. The van der Waals surface area contributed by atoms with Crippen molar-refractivity contribution in [2.24, 2.45) is 0 Å². The van der Waals surface area contributed by atoms with Gasteiger partial charge in [-0.1, -0.05) is 24.3 Å². The molecule has 1 N–H and O–H groups in total. The first-order valence-electron chi connectivity index (χ1n) is 9.68. The van der Waals surface area contributed by atoms with Crippen molar-refractivity contribution in [2.45, 2.75) is 19.5 Å². The molecule has 1 atom stereocenters. The van der Waals surface area contributed by atoms with E-state index < -0.39 is 0 Å². The molecule has 6 nitrogen and oxygen atoms in total. The summed E-state index contributed by atoms with van der Waals surface area (Å²) in [6, 6.07) is 20.7. The molecule has 1 heterocycles. The number of rotatable bonds is 8. The van der Waals surface area contributed by atoms with E-state index >= 15 is 0 Å². The maximum atomic E-state index is 12.4. The molecular formula is C24H24N4O2. The van der Waals surface area contributed by atoms with Crippen LogP contribution in [-0.4, -0.2) is 29.4 Å². The third-order valence-corrected chi connectivity index (χ3v) is 4.55. The Morgan fingerprint density at radius 1 is 1.17 bits per heavy atom. The van der Waals surface area contributed by atoms with Gasteiger partial charge in [0, 0.05) is 12.7 Å². The molecule has 1 amide bonds. The van der Waals surface area contributed by atoms with Crippen LogP contribution in [0, 0.1) is 11.3 Å². The van der Waals surface area contributed by atoms with Gasteiger partial charge >= 0.3 is 0 Å². The Labute approximate surface area is 176 Å². The average molecular weight is 400 g/mol. The van der Waals surface area contributed by atoms with Crippen LogP contribution in [0.15, 0.2) is 73.1 Å². The van der Waals surface area contributed by atoms with Crippen molar-refractivity contribution in [1.29, 1.82) is 5.26 Å². The van der Waals surface area contributed by atoms with Gasteiger partial charge in [0.25, 0.3) is 0 Å². The summed E-state index contributed by atoms with van der Waals surface area (Å²) in [6.07, 6.45) is 3.35. The minimum absolute atomic E-state index is 0.0582. The van der Waals surface area contributed by atoms with Crippen molar-refractivity contribution in [3.8, 4) is 17.6 Å². The Balaban J connectivity index is 1.50. The number of amides is 1. The van der Waals surface area contributed by atoms with Gasteiger partial charge in [0.1, 0.15) is 11.5 Å². The molecule has 2 aromatic carbocycles. The molecule has 3 aromatic rings. The van der Waals surface area contributed by atoms with Crippen molar-refractivity contribution in [1.82, 2.24) is 15.2 Å². The molecule has 0 radical (unpaired) electrons. The van der Waals surface area contributed by atoms with Gasteiger partial charge in [-0.3, -0.25) is 14.7 Å². The predicted octanol–water partition coefficient (Wildman–Crippen LogP) is 4.05. The average Bonchev–Trinajstić information content (AvgIpc) is 2.75. The normalized spacial score (nSPS) is 11.5. The zero-order chi connectivity index (χ0) is 21.3. The van der Waals surface area contributed by atoms with Gasteiger partial charge in [0.2, 0.25) is 5.91 Å². The Morgan fingerprint density at radius 2 is 1.97 bits per heavy atom. The third-order valence-electron chi connectivity index (χ3n) is 4.55. The lowest BCUT2D eigenvalue weighted by atomic mass is 10.1. The first-order chi connectivity index (χ1) is 14.5. The van der Waals surface area contributed by atoms with E-state index in [4.69, 9.17) is 10.00 Å². The van der Waals surface area contributed by atoms with E-state index in [9.17, 15) is 4.79 Å². The van der Waals surface area contributed by atoms with E-state index in [-0.39, 0.29) is 18.5 Å². The number of benzene rings is 2. The monoisotopic (exact) mass is 400 g/mol. The maximum absolute atomic E-state index is 12.4. The van der Waals surface area contributed by atoms with Gasteiger partial charge in [-0.05, 0) is 61.5 Å². The number of nitriles is 1. The molecule has 1 unspecified atom stereocenters. The second kappa shape index (κ2) is 10.2. The van der Waals surface area contributed by atoms with Crippen molar-refractivity contribution in [3.05, 3.63) is 89.7 Å². The van der Waals surface area contributed by atoms with E-state index in [1.807, 2.05) is 73.5 Å². The molecular weight excluding hydrogens is 376 g/mol. The highest BCUT2D eigenvalue weighted by Crippen LogP contribution is 2.22. The molecule has 0 bridgehead atoms. The number of ether oxygens (including phenoxy) is 1.